The van der Waals surface area contributed by atoms with Gasteiger partial charge in [-0.1, -0.05) is 16.8 Å². The second kappa shape index (κ2) is 4.17. The number of fused-ring (bicyclic) bond motifs is 1. The summed E-state index contributed by atoms with van der Waals surface area (Å²) >= 11 is 5.83. The molecule has 0 spiro atoms. The molecule has 1 amide bonds. The third-order valence-corrected chi connectivity index (χ3v) is 3.04. The molecular formula is C12H8ClN3O3. The standard InChI is InChI=1S/C12H8ClN3O3/c1-6-14-10(15-19-6)5-16-9-3-2-7(13)4-8(9)11(17)12(16)18/h2-4H,5H2,1H3. The van der Waals surface area contributed by atoms with Gasteiger partial charge in [-0.25, -0.2) is 0 Å². The first-order valence-electron chi connectivity index (χ1n) is 5.51. The summed E-state index contributed by atoms with van der Waals surface area (Å²) in [5, 5.41) is 4.13. The van der Waals surface area contributed by atoms with Gasteiger partial charge in [0, 0.05) is 11.9 Å². The molecule has 0 saturated heterocycles. The molecule has 0 aliphatic carbocycles. The number of aromatic nitrogens is 2. The average molecular weight is 278 g/mol. The maximum absolute atomic E-state index is 11.9. The summed E-state index contributed by atoms with van der Waals surface area (Å²) in [6.07, 6.45) is 0. The van der Waals surface area contributed by atoms with Gasteiger partial charge < -0.3 is 4.52 Å². The zero-order valence-electron chi connectivity index (χ0n) is 9.88. The van der Waals surface area contributed by atoms with Crippen LogP contribution in [0.4, 0.5) is 5.69 Å². The Balaban J connectivity index is 1.99. The van der Waals surface area contributed by atoms with Crippen LogP contribution in [0.2, 0.25) is 5.02 Å². The molecule has 6 nitrogen and oxygen atoms in total. The van der Waals surface area contributed by atoms with Gasteiger partial charge in [-0.3, -0.25) is 14.5 Å². The number of hydrogen-bond acceptors (Lipinski definition) is 5. The van der Waals surface area contributed by atoms with E-state index in [2.05, 4.69) is 10.1 Å². The number of aryl methyl sites for hydroxylation is 1. The fourth-order valence-electron chi connectivity index (χ4n) is 1.98. The molecule has 96 valence electrons. The number of carbonyl (C=O) groups is 2. The molecule has 19 heavy (non-hydrogen) atoms. The number of amides is 1. The van der Waals surface area contributed by atoms with Crippen LogP contribution < -0.4 is 4.90 Å². The number of rotatable bonds is 2. The molecule has 1 aromatic heterocycles. The lowest BCUT2D eigenvalue weighted by atomic mass is 10.1. The molecule has 0 bridgehead atoms. The lowest BCUT2D eigenvalue weighted by Gasteiger charge is -2.13. The van der Waals surface area contributed by atoms with Crippen LogP contribution in [-0.2, 0) is 11.3 Å². The van der Waals surface area contributed by atoms with Crippen LogP contribution >= 0.6 is 11.6 Å². The molecule has 0 saturated carbocycles. The molecule has 0 unspecified atom stereocenters. The Morgan fingerprint density at radius 1 is 1.37 bits per heavy atom. The number of hydrogen-bond donors (Lipinski definition) is 0. The Bertz CT molecular complexity index is 695. The van der Waals surface area contributed by atoms with E-state index in [1.807, 2.05) is 0 Å². The van der Waals surface area contributed by atoms with Gasteiger partial charge in [0.25, 0.3) is 11.7 Å². The van der Waals surface area contributed by atoms with Crippen LogP contribution in [-0.4, -0.2) is 21.8 Å². The van der Waals surface area contributed by atoms with Crippen molar-refractivity contribution in [1.29, 1.82) is 0 Å². The lowest BCUT2D eigenvalue weighted by molar-refractivity contribution is -0.114. The Kier molecular flexibility index (Phi) is 2.60. The third kappa shape index (κ3) is 1.90. The van der Waals surface area contributed by atoms with E-state index in [-0.39, 0.29) is 6.54 Å². The molecule has 0 radical (unpaired) electrons. The highest BCUT2D eigenvalue weighted by molar-refractivity contribution is 6.52. The first-order chi connectivity index (χ1) is 9.06. The van der Waals surface area contributed by atoms with E-state index in [1.165, 1.54) is 11.0 Å². The predicted octanol–water partition coefficient (Wildman–Crippen LogP) is 1.76. The van der Waals surface area contributed by atoms with E-state index in [9.17, 15) is 9.59 Å². The van der Waals surface area contributed by atoms with E-state index in [0.29, 0.717) is 28.0 Å². The van der Waals surface area contributed by atoms with Crippen LogP contribution in [0, 0.1) is 6.92 Å². The van der Waals surface area contributed by atoms with E-state index in [0.717, 1.165) is 0 Å². The topological polar surface area (TPSA) is 76.3 Å². The van der Waals surface area contributed by atoms with Gasteiger partial charge in [-0.2, -0.15) is 4.98 Å². The average Bonchev–Trinajstić information content (AvgIpc) is 2.88. The zero-order chi connectivity index (χ0) is 13.6. The van der Waals surface area contributed by atoms with Crippen molar-refractivity contribution in [3.63, 3.8) is 0 Å². The van der Waals surface area contributed by atoms with Crippen molar-refractivity contribution in [3.05, 3.63) is 40.5 Å². The number of Topliss-reactive ketones (excluding diaryl/α,β-unsaturated/α-hetero) is 1. The van der Waals surface area contributed by atoms with Crippen molar-refractivity contribution >= 4 is 29.0 Å². The fraction of sp³-hybridized carbons (Fsp3) is 0.167. The summed E-state index contributed by atoms with van der Waals surface area (Å²) in [6.45, 7) is 1.75. The summed E-state index contributed by atoms with van der Waals surface area (Å²) in [5.41, 5.74) is 0.819. The SMILES string of the molecule is Cc1nc(CN2C(=O)C(=O)c3cc(Cl)ccc32)no1. The molecule has 7 heteroatoms. The summed E-state index contributed by atoms with van der Waals surface area (Å²) in [5.74, 6) is -0.428. The largest absolute Gasteiger partial charge is 0.340 e. The monoisotopic (exact) mass is 277 g/mol. The molecule has 2 heterocycles. The maximum Gasteiger partial charge on any atom is 0.299 e. The van der Waals surface area contributed by atoms with Crippen molar-refractivity contribution in [2.24, 2.45) is 0 Å². The van der Waals surface area contributed by atoms with Crippen LogP contribution in [0.15, 0.2) is 22.7 Å². The van der Waals surface area contributed by atoms with Crippen molar-refractivity contribution in [2.75, 3.05) is 4.90 Å². The van der Waals surface area contributed by atoms with Gasteiger partial charge in [0.1, 0.15) is 0 Å². The molecule has 2 aromatic rings. The highest BCUT2D eigenvalue weighted by Gasteiger charge is 2.36. The third-order valence-electron chi connectivity index (χ3n) is 2.80. The predicted molar refractivity (Wildman–Crippen MR) is 66.0 cm³/mol. The minimum Gasteiger partial charge on any atom is -0.340 e. The minimum atomic E-state index is -0.611. The van der Waals surface area contributed by atoms with Crippen molar-refractivity contribution in [1.82, 2.24) is 10.1 Å². The Morgan fingerprint density at radius 3 is 2.84 bits per heavy atom. The number of benzene rings is 1. The van der Waals surface area contributed by atoms with E-state index < -0.39 is 11.7 Å². The van der Waals surface area contributed by atoms with E-state index in [1.54, 1.807) is 19.1 Å². The second-order valence-electron chi connectivity index (χ2n) is 4.11. The van der Waals surface area contributed by atoms with Crippen LogP contribution in [0.3, 0.4) is 0 Å². The molecule has 0 fully saturated rings. The van der Waals surface area contributed by atoms with Gasteiger partial charge in [-0.15, -0.1) is 0 Å². The van der Waals surface area contributed by atoms with Crippen LogP contribution in [0.25, 0.3) is 0 Å². The van der Waals surface area contributed by atoms with Crippen molar-refractivity contribution in [3.8, 4) is 0 Å². The molecule has 0 N–H and O–H groups in total. The first-order valence-corrected chi connectivity index (χ1v) is 5.89. The van der Waals surface area contributed by atoms with Crippen LogP contribution in [0.1, 0.15) is 22.1 Å². The maximum atomic E-state index is 11.9. The Labute approximate surface area is 113 Å². The highest BCUT2D eigenvalue weighted by Crippen LogP contribution is 2.31. The zero-order valence-corrected chi connectivity index (χ0v) is 10.6. The molecule has 1 aliphatic rings. The number of halogens is 1. The summed E-state index contributed by atoms with van der Waals surface area (Å²) < 4.78 is 4.84. The summed E-state index contributed by atoms with van der Waals surface area (Å²) in [4.78, 5) is 29.1. The minimum absolute atomic E-state index is 0.0938. The summed E-state index contributed by atoms with van der Waals surface area (Å²) in [7, 11) is 0. The van der Waals surface area contributed by atoms with Gasteiger partial charge >= 0.3 is 0 Å². The first kappa shape index (κ1) is 11.9. The van der Waals surface area contributed by atoms with E-state index in [4.69, 9.17) is 16.1 Å². The molecule has 1 aliphatic heterocycles. The van der Waals surface area contributed by atoms with Crippen molar-refractivity contribution in [2.45, 2.75) is 13.5 Å². The quantitative estimate of drug-likeness (QED) is 0.782. The Hall–Kier alpha value is -2.21. The molecule has 0 atom stereocenters. The Morgan fingerprint density at radius 2 is 2.16 bits per heavy atom. The summed E-state index contributed by atoms with van der Waals surface area (Å²) in [6, 6.07) is 4.74. The van der Waals surface area contributed by atoms with Crippen molar-refractivity contribution < 1.29 is 14.1 Å². The number of ketones is 1. The van der Waals surface area contributed by atoms with Gasteiger partial charge in [0.05, 0.1) is 17.8 Å². The normalized spacial score (nSPS) is 14.1. The van der Waals surface area contributed by atoms with Gasteiger partial charge in [0.2, 0.25) is 5.89 Å². The fourth-order valence-corrected chi connectivity index (χ4v) is 2.15. The molecule has 1 aromatic carbocycles. The van der Waals surface area contributed by atoms with Crippen LogP contribution in [0.5, 0.6) is 0 Å². The smallest absolute Gasteiger partial charge is 0.299 e. The molecular weight excluding hydrogens is 270 g/mol. The second-order valence-corrected chi connectivity index (χ2v) is 4.55. The van der Waals surface area contributed by atoms with Gasteiger partial charge in [-0.05, 0) is 18.2 Å². The number of carbonyl (C=O) groups excluding carboxylic acids is 2. The lowest BCUT2D eigenvalue weighted by Crippen LogP contribution is -2.29. The number of anilines is 1. The highest BCUT2D eigenvalue weighted by atomic mass is 35.5. The van der Waals surface area contributed by atoms with Gasteiger partial charge in [0.15, 0.2) is 5.82 Å². The van der Waals surface area contributed by atoms with E-state index >= 15 is 0 Å². The number of nitrogens with zero attached hydrogens (tertiary/aromatic N) is 3. The molecule has 3 rings (SSSR count).